The van der Waals surface area contributed by atoms with E-state index in [9.17, 15) is 14.4 Å². The zero-order valence-corrected chi connectivity index (χ0v) is 14.7. The molecule has 0 bridgehead atoms. The van der Waals surface area contributed by atoms with E-state index in [1.165, 1.54) is 0 Å². The van der Waals surface area contributed by atoms with E-state index in [-0.39, 0.29) is 12.5 Å². The van der Waals surface area contributed by atoms with Crippen LogP contribution in [0.15, 0.2) is 18.2 Å². The molecule has 3 amide bonds. The average molecular weight is 369 g/mol. The number of hydrogen-bond acceptors (Lipinski definition) is 5. The minimum atomic E-state index is -0.653. The van der Waals surface area contributed by atoms with Crippen molar-refractivity contribution in [3.63, 3.8) is 0 Å². The van der Waals surface area contributed by atoms with Crippen LogP contribution in [-0.2, 0) is 14.3 Å². The van der Waals surface area contributed by atoms with Crippen LogP contribution in [-0.4, -0.2) is 37.2 Å². The number of imide groups is 1. The Kier molecular flexibility index (Phi) is 7.06. The summed E-state index contributed by atoms with van der Waals surface area (Å²) >= 11 is 5.86. The van der Waals surface area contributed by atoms with Crippen LogP contribution in [0, 0.1) is 6.92 Å². The van der Waals surface area contributed by atoms with Gasteiger partial charge in [0.15, 0.2) is 6.61 Å². The summed E-state index contributed by atoms with van der Waals surface area (Å²) in [4.78, 5) is 34.4. The largest absolute Gasteiger partial charge is 0.493 e. The lowest BCUT2D eigenvalue weighted by Crippen LogP contribution is -2.42. The van der Waals surface area contributed by atoms with E-state index in [2.05, 4.69) is 10.6 Å². The lowest BCUT2D eigenvalue weighted by molar-refractivity contribution is -0.148. The van der Waals surface area contributed by atoms with Crippen molar-refractivity contribution in [1.82, 2.24) is 10.6 Å². The molecule has 1 aliphatic rings. The molecule has 7 nitrogen and oxygen atoms in total. The maximum atomic E-state index is 11.6. The lowest BCUT2D eigenvalue weighted by Gasteiger charge is -2.09. The maximum Gasteiger partial charge on any atom is 0.321 e. The average Bonchev–Trinajstić information content (AvgIpc) is 3.35. The number of halogens is 1. The standard InChI is InChI=1S/C17H21ClN2O5/c1-11-9-12(18)4-7-14(11)24-8-2-3-16(22)25-10-15(21)20-17(23)19-13-5-6-13/h4,7,9,13H,2-3,5-6,8,10H2,1H3,(H2,19,20,21,23). The fourth-order valence-corrected chi connectivity index (χ4v) is 2.23. The number of urea groups is 1. The minimum Gasteiger partial charge on any atom is -0.493 e. The third-order valence-electron chi connectivity index (χ3n) is 3.45. The number of amides is 3. The SMILES string of the molecule is Cc1cc(Cl)ccc1OCCCC(=O)OCC(=O)NC(=O)NC1CC1. The van der Waals surface area contributed by atoms with Crippen molar-refractivity contribution in [3.8, 4) is 5.75 Å². The number of benzene rings is 1. The van der Waals surface area contributed by atoms with Gasteiger partial charge in [0.2, 0.25) is 0 Å². The molecular weight excluding hydrogens is 348 g/mol. The number of nitrogens with one attached hydrogen (secondary N) is 2. The minimum absolute atomic E-state index is 0.119. The van der Waals surface area contributed by atoms with Crippen molar-refractivity contribution < 1.29 is 23.9 Å². The topological polar surface area (TPSA) is 93.7 Å². The van der Waals surface area contributed by atoms with Gasteiger partial charge in [-0.15, -0.1) is 0 Å². The maximum absolute atomic E-state index is 11.6. The molecule has 0 spiro atoms. The number of carbonyl (C=O) groups is 3. The van der Waals surface area contributed by atoms with Gasteiger partial charge in [0.25, 0.3) is 5.91 Å². The summed E-state index contributed by atoms with van der Waals surface area (Å²) in [6.07, 6.45) is 2.42. The zero-order valence-electron chi connectivity index (χ0n) is 14.0. The number of aryl methyl sites for hydroxylation is 1. The highest BCUT2D eigenvalue weighted by molar-refractivity contribution is 6.30. The van der Waals surface area contributed by atoms with Crippen molar-refractivity contribution in [2.75, 3.05) is 13.2 Å². The Balaban J connectivity index is 1.55. The Hall–Kier alpha value is -2.28. The highest BCUT2D eigenvalue weighted by Gasteiger charge is 2.24. The van der Waals surface area contributed by atoms with Crippen LogP contribution in [0.25, 0.3) is 0 Å². The molecule has 25 heavy (non-hydrogen) atoms. The smallest absolute Gasteiger partial charge is 0.321 e. The number of esters is 1. The third-order valence-corrected chi connectivity index (χ3v) is 3.68. The predicted octanol–water partition coefficient (Wildman–Crippen LogP) is 2.34. The van der Waals surface area contributed by atoms with Gasteiger partial charge < -0.3 is 14.8 Å². The first-order chi connectivity index (χ1) is 11.9. The van der Waals surface area contributed by atoms with Crippen molar-refractivity contribution in [1.29, 1.82) is 0 Å². The number of carbonyl (C=O) groups excluding carboxylic acids is 3. The molecular formula is C17H21ClN2O5. The summed E-state index contributed by atoms with van der Waals surface area (Å²) in [5, 5.41) is 5.34. The fourth-order valence-electron chi connectivity index (χ4n) is 2.00. The molecule has 0 atom stereocenters. The first kappa shape index (κ1) is 19.1. The molecule has 1 aromatic rings. The van der Waals surface area contributed by atoms with Crippen molar-refractivity contribution in [3.05, 3.63) is 28.8 Å². The van der Waals surface area contributed by atoms with Crippen LogP contribution < -0.4 is 15.4 Å². The number of ether oxygens (including phenoxy) is 2. The fraction of sp³-hybridized carbons (Fsp3) is 0.471. The van der Waals surface area contributed by atoms with Gasteiger partial charge in [0.05, 0.1) is 6.61 Å². The molecule has 0 heterocycles. The first-order valence-electron chi connectivity index (χ1n) is 8.09. The molecule has 2 N–H and O–H groups in total. The summed E-state index contributed by atoms with van der Waals surface area (Å²) in [6, 6.07) is 4.89. The summed E-state index contributed by atoms with van der Waals surface area (Å²) in [5.41, 5.74) is 0.913. The molecule has 0 radical (unpaired) electrons. The normalized spacial score (nSPS) is 13.0. The third kappa shape index (κ3) is 7.43. The molecule has 8 heteroatoms. The summed E-state index contributed by atoms with van der Waals surface area (Å²) < 4.78 is 10.4. The van der Waals surface area contributed by atoms with E-state index in [4.69, 9.17) is 21.1 Å². The van der Waals surface area contributed by atoms with Crippen LogP contribution >= 0.6 is 11.6 Å². The van der Waals surface area contributed by atoms with Crippen LogP contribution in [0.1, 0.15) is 31.2 Å². The highest BCUT2D eigenvalue weighted by atomic mass is 35.5. The molecule has 0 saturated heterocycles. The Bertz CT molecular complexity index is 646. The molecule has 1 fully saturated rings. The van der Waals surface area contributed by atoms with Crippen LogP contribution in [0.5, 0.6) is 5.75 Å². The van der Waals surface area contributed by atoms with E-state index in [0.29, 0.717) is 23.8 Å². The van der Waals surface area contributed by atoms with Crippen molar-refractivity contribution >= 4 is 29.5 Å². The number of rotatable bonds is 8. The van der Waals surface area contributed by atoms with E-state index in [0.717, 1.165) is 18.4 Å². The number of hydrogen-bond donors (Lipinski definition) is 2. The van der Waals surface area contributed by atoms with Gasteiger partial charge in [-0.1, -0.05) is 11.6 Å². The molecule has 1 aromatic carbocycles. The summed E-state index contributed by atoms with van der Waals surface area (Å²) in [7, 11) is 0. The Morgan fingerprint density at radius 3 is 2.72 bits per heavy atom. The summed E-state index contributed by atoms with van der Waals surface area (Å²) in [6.45, 7) is 1.75. The van der Waals surface area contributed by atoms with Crippen molar-refractivity contribution in [2.24, 2.45) is 0 Å². The van der Waals surface area contributed by atoms with E-state index < -0.39 is 24.5 Å². The van der Waals surface area contributed by atoms with Crippen molar-refractivity contribution in [2.45, 2.75) is 38.6 Å². The Morgan fingerprint density at radius 1 is 1.28 bits per heavy atom. The second-order valence-corrected chi connectivity index (χ2v) is 6.25. The Labute approximate surface area is 151 Å². The van der Waals surface area contributed by atoms with Crippen LogP contribution in [0.4, 0.5) is 4.79 Å². The second kappa shape index (κ2) is 9.27. The van der Waals surface area contributed by atoms with Gasteiger partial charge in [-0.2, -0.15) is 0 Å². The lowest BCUT2D eigenvalue weighted by atomic mass is 10.2. The quantitative estimate of drug-likeness (QED) is 0.542. The molecule has 1 aliphatic carbocycles. The van der Waals surface area contributed by atoms with Gasteiger partial charge in [0, 0.05) is 17.5 Å². The van der Waals surface area contributed by atoms with Gasteiger partial charge >= 0.3 is 12.0 Å². The predicted molar refractivity (Wildman–Crippen MR) is 91.6 cm³/mol. The molecule has 1 saturated carbocycles. The molecule has 136 valence electrons. The Morgan fingerprint density at radius 2 is 2.04 bits per heavy atom. The van der Waals surface area contributed by atoms with Gasteiger partial charge in [0.1, 0.15) is 5.75 Å². The summed E-state index contributed by atoms with van der Waals surface area (Å²) in [5.74, 6) is -0.465. The first-order valence-corrected chi connectivity index (χ1v) is 8.47. The van der Waals surface area contributed by atoms with E-state index in [1.54, 1.807) is 18.2 Å². The monoisotopic (exact) mass is 368 g/mol. The molecule has 0 aliphatic heterocycles. The van der Waals surface area contributed by atoms with E-state index >= 15 is 0 Å². The van der Waals surface area contributed by atoms with Crippen LogP contribution in [0.2, 0.25) is 5.02 Å². The second-order valence-electron chi connectivity index (χ2n) is 5.82. The van der Waals surface area contributed by atoms with E-state index in [1.807, 2.05) is 6.92 Å². The molecule has 2 rings (SSSR count). The zero-order chi connectivity index (χ0) is 18.2. The van der Waals surface area contributed by atoms with Gasteiger partial charge in [-0.25, -0.2) is 4.79 Å². The molecule has 0 aromatic heterocycles. The van der Waals surface area contributed by atoms with Gasteiger partial charge in [-0.05, 0) is 49.9 Å². The highest BCUT2D eigenvalue weighted by Crippen LogP contribution is 2.22. The van der Waals surface area contributed by atoms with Crippen LogP contribution in [0.3, 0.4) is 0 Å². The van der Waals surface area contributed by atoms with Gasteiger partial charge in [-0.3, -0.25) is 14.9 Å². The molecule has 0 unspecified atom stereocenters.